The zero-order chi connectivity index (χ0) is 38.7. The number of unbranched alkanes of at least 4 members (excludes halogenated alkanes) is 32. The summed E-state index contributed by atoms with van der Waals surface area (Å²) in [4.78, 5) is 37.7. The van der Waals surface area contributed by atoms with Crippen molar-refractivity contribution in [2.45, 2.75) is 271 Å². The Morgan fingerprint density at radius 1 is 0.302 bits per heavy atom. The molecule has 0 N–H and O–H groups in total. The Morgan fingerprint density at radius 2 is 0.509 bits per heavy atom. The number of hydrogen-bond acceptors (Lipinski definition) is 6. The van der Waals surface area contributed by atoms with Crippen molar-refractivity contribution in [1.82, 2.24) is 0 Å². The average molecular weight is 751 g/mol. The van der Waals surface area contributed by atoms with Gasteiger partial charge in [0.15, 0.2) is 6.10 Å². The van der Waals surface area contributed by atoms with Crippen LogP contribution in [-0.4, -0.2) is 37.2 Å². The smallest absolute Gasteiger partial charge is 0.306 e. The molecular formula is C47H90O6. The molecule has 0 aliphatic rings. The fourth-order valence-corrected chi connectivity index (χ4v) is 7.03. The van der Waals surface area contributed by atoms with Crippen molar-refractivity contribution in [1.29, 1.82) is 0 Å². The molecule has 0 fully saturated rings. The van der Waals surface area contributed by atoms with Gasteiger partial charge in [0.2, 0.25) is 0 Å². The molecule has 6 heteroatoms. The Labute approximate surface area is 329 Å². The summed E-state index contributed by atoms with van der Waals surface area (Å²) in [6.07, 6.45) is 43.6. The number of carbonyl (C=O) groups is 3. The SMILES string of the molecule is CCCCCCCCCCCCCCC(=O)OCC(COC(=O)CCCCCCCCCCCCC)OC(=O)CCCCCCCCCCCCCC. The highest BCUT2D eigenvalue weighted by atomic mass is 16.6. The van der Waals surface area contributed by atoms with Crippen LogP contribution >= 0.6 is 0 Å². The van der Waals surface area contributed by atoms with E-state index in [0.717, 1.165) is 57.8 Å². The molecule has 0 rings (SSSR count). The molecule has 1 atom stereocenters. The van der Waals surface area contributed by atoms with Crippen molar-refractivity contribution >= 4 is 17.9 Å². The van der Waals surface area contributed by atoms with Gasteiger partial charge in [0.25, 0.3) is 0 Å². The Morgan fingerprint density at radius 3 is 0.755 bits per heavy atom. The second-order valence-electron chi connectivity index (χ2n) is 16.0. The van der Waals surface area contributed by atoms with Crippen LogP contribution in [0.15, 0.2) is 0 Å². The van der Waals surface area contributed by atoms with Crippen LogP contribution in [0.5, 0.6) is 0 Å². The molecule has 0 heterocycles. The van der Waals surface area contributed by atoms with E-state index in [1.165, 1.54) is 167 Å². The third-order valence-corrected chi connectivity index (χ3v) is 10.6. The van der Waals surface area contributed by atoms with Crippen LogP contribution in [0.2, 0.25) is 0 Å². The lowest BCUT2D eigenvalue weighted by atomic mass is 10.0. The second kappa shape index (κ2) is 43.1. The normalized spacial score (nSPS) is 11.8. The summed E-state index contributed by atoms with van der Waals surface area (Å²) in [6.45, 7) is 6.65. The van der Waals surface area contributed by atoms with Crippen molar-refractivity contribution in [2.24, 2.45) is 0 Å². The van der Waals surface area contributed by atoms with E-state index in [4.69, 9.17) is 14.2 Å². The van der Waals surface area contributed by atoms with Crippen LogP contribution < -0.4 is 0 Å². The van der Waals surface area contributed by atoms with Gasteiger partial charge < -0.3 is 14.2 Å². The van der Waals surface area contributed by atoms with Crippen LogP contribution in [0.25, 0.3) is 0 Å². The quantitative estimate of drug-likeness (QED) is 0.0351. The molecule has 0 bridgehead atoms. The van der Waals surface area contributed by atoms with Gasteiger partial charge in [-0.05, 0) is 19.3 Å². The Hall–Kier alpha value is -1.59. The molecular weight excluding hydrogens is 661 g/mol. The first kappa shape index (κ1) is 51.4. The van der Waals surface area contributed by atoms with Crippen LogP contribution in [0.3, 0.4) is 0 Å². The number of rotatable bonds is 43. The van der Waals surface area contributed by atoms with Crippen molar-refractivity contribution < 1.29 is 28.6 Å². The van der Waals surface area contributed by atoms with E-state index in [2.05, 4.69) is 20.8 Å². The summed E-state index contributed by atoms with van der Waals surface area (Å²) in [5, 5.41) is 0. The van der Waals surface area contributed by atoms with E-state index < -0.39 is 6.10 Å². The summed E-state index contributed by atoms with van der Waals surface area (Å²) in [5.74, 6) is -0.849. The predicted octanol–water partition coefficient (Wildman–Crippen LogP) is 14.9. The van der Waals surface area contributed by atoms with Crippen LogP contribution in [0, 0.1) is 0 Å². The monoisotopic (exact) mass is 751 g/mol. The molecule has 0 saturated heterocycles. The maximum absolute atomic E-state index is 12.7. The molecule has 53 heavy (non-hydrogen) atoms. The molecule has 0 amide bonds. The van der Waals surface area contributed by atoms with Gasteiger partial charge in [-0.15, -0.1) is 0 Å². The van der Waals surface area contributed by atoms with Gasteiger partial charge in [-0.3, -0.25) is 14.4 Å². The zero-order valence-corrected chi connectivity index (χ0v) is 35.8. The number of hydrogen-bond donors (Lipinski definition) is 0. The van der Waals surface area contributed by atoms with E-state index in [9.17, 15) is 14.4 Å². The lowest BCUT2D eigenvalue weighted by molar-refractivity contribution is -0.167. The minimum absolute atomic E-state index is 0.0625. The highest BCUT2D eigenvalue weighted by molar-refractivity contribution is 5.71. The molecule has 0 spiro atoms. The maximum Gasteiger partial charge on any atom is 0.306 e. The Kier molecular flexibility index (Phi) is 41.8. The fourth-order valence-electron chi connectivity index (χ4n) is 7.03. The Bertz CT molecular complexity index is 783. The first-order valence-corrected chi connectivity index (χ1v) is 23.5. The molecule has 0 aromatic rings. The summed E-state index contributed by atoms with van der Waals surface area (Å²) < 4.78 is 16.7. The molecule has 0 saturated carbocycles. The van der Waals surface area contributed by atoms with Gasteiger partial charge in [-0.2, -0.15) is 0 Å². The molecule has 1 unspecified atom stereocenters. The van der Waals surface area contributed by atoms with E-state index in [1.807, 2.05) is 0 Å². The predicted molar refractivity (Wildman–Crippen MR) is 224 cm³/mol. The van der Waals surface area contributed by atoms with Crippen molar-refractivity contribution in [3.8, 4) is 0 Å². The zero-order valence-electron chi connectivity index (χ0n) is 35.8. The van der Waals surface area contributed by atoms with E-state index in [0.29, 0.717) is 19.3 Å². The van der Waals surface area contributed by atoms with Crippen LogP contribution in [0.4, 0.5) is 0 Å². The molecule has 0 aliphatic carbocycles. The van der Waals surface area contributed by atoms with Crippen LogP contribution in [0.1, 0.15) is 265 Å². The van der Waals surface area contributed by atoms with E-state index in [1.54, 1.807) is 0 Å². The highest BCUT2D eigenvalue weighted by Crippen LogP contribution is 2.16. The first-order valence-electron chi connectivity index (χ1n) is 23.5. The second-order valence-corrected chi connectivity index (χ2v) is 16.0. The molecule has 0 aromatic heterocycles. The third-order valence-electron chi connectivity index (χ3n) is 10.6. The minimum atomic E-state index is -0.757. The summed E-state index contributed by atoms with van der Waals surface area (Å²) in [6, 6.07) is 0. The van der Waals surface area contributed by atoms with Gasteiger partial charge >= 0.3 is 17.9 Å². The van der Waals surface area contributed by atoms with Crippen LogP contribution in [-0.2, 0) is 28.6 Å². The van der Waals surface area contributed by atoms with Crippen molar-refractivity contribution in [2.75, 3.05) is 13.2 Å². The average Bonchev–Trinajstić information content (AvgIpc) is 3.15. The largest absolute Gasteiger partial charge is 0.462 e. The van der Waals surface area contributed by atoms with Gasteiger partial charge in [-0.25, -0.2) is 0 Å². The fraction of sp³-hybridized carbons (Fsp3) is 0.936. The van der Waals surface area contributed by atoms with Gasteiger partial charge in [0.1, 0.15) is 13.2 Å². The van der Waals surface area contributed by atoms with Gasteiger partial charge in [-0.1, -0.05) is 226 Å². The van der Waals surface area contributed by atoms with E-state index in [-0.39, 0.29) is 31.1 Å². The third kappa shape index (κ3) is 41.4. The molecule has 6 nitrogen and oxygen atoms in total. The Balaban J connectivity index is 4.32. The molecule has 314 valence electrons. The lowest BCUT2D eigenvalue weighted by Gasteiger charge is -2.18. The highest BCUT2D eigenvalue weighted by Gasteiger charge is 2.19. The topological polar surface area (TPSA) is 78.9 Å². The van der Waals surface area contributed by atoms with Gasteiger partial charge in [0, 0.05) is 19.3 Å². The number of esters is 3. The number of ether oxygens (including phenoxy) is 3. The van der Waals surface area contributed by atoms with E-state index >= 15 is 0 Å². The maximum atomic E-state index is 12.7. The van der Waals surface area contributed by atoms with Crippen molar-refractivity contribution in [3.63, 3.8) is 0 Å². The molecule has 0 aromatic carbocycles. The van der Waals surface area contributed by atoms with Crippen molar-refractivity contribution in [3.05, 3.63) is 0 Å². The lowest BCUT2D eigenvalue weighted by Crippen LogP contribution is -2.30. The first-order chi connectivity index (χ1) is 26.0. The summed E-state index contributed by atoms with van der Waals surface area (Å²) in [7, 11) is 0. The molecule has 0 radical (unpaired) electrons. The molecule has 0 aliphatic heterocycles. The summed E-state index contributed by atoms with van der Waals surface area (Å²) >= 11 is 0. The number of carbonyl (C=O) groups excluding carboxylic acids is 3. The standard InChI is InChI=1S/C47H90O6/c1-4-7-10-13-16-19-22-25-28-31-34-37-40-46(49)52-43-44(42-51-45(48)39-36-33-30-27-24-21-18-15-12-9-6-3)53-47(50)41-38-35-32-29-26-23-20-17-14-11-8-5-2/h44H,4-43H2,1-3H3. The van der Waals surface area contributed by atoms with Gasteiger partial charge in [0.05, 0.1) is 0 Å². The summed E-state index contributed by atoms with van der Waals surface area (Å²) in [5.41, 5.74) is 0. The minimum Gasteiger partial charge on any atom is -0.462 e.